The van der Waals surface area contributed by atoms with E-state index in [9.17, 15) is 17.6 Å². The number of aromatic nitrogens is 1. The van der Waals surface area contributed by atoms with Crippen LogP contribution in [-0.2, 0) is 27.7 Å². The minimum absolute atomic E-state index is 0.0116. The maximum absolute atomic E-state index is 14.2. The summed E-state index contributed by atoms with van der Waals surface area (Å²) in [7, 11) is -4.23. The number of amides is 1. The van der Waals surface area contributed by atoms with Crippen LogP contribution in [-0.4, -0.2) is 25.9 Å². The molecule has 2 aromatic carbocycles. The van der Waals surface area contributed by atoms with Crippen LogP contribution < -0.4 is 10.0 Å². The van der Waals surface area contributed by atoms with E-state index in [-0.39, 0.29) is 17.7 Å². The lowest BCUT2D eigenvalue weighted by Gasteiger charge is -2.24. The van der Waals surface area contributed by atoms with Gasteiger partial charge in [0.15, 0.2) is 0 Å². The van der Waals surface area contributed by atoms with Crippen LogP contribution in [0.3, 0.4) is 0 Å². The van der Waals surface area contributed by atoms with Crippen LogP contribution in [0, 0.1) is 11.7 Å². The van der Waals surface area contributed by atoms with E-state index in [1.54, 1.807) is 11.1 Å². The standard InChI is InChI=1S/C24H22FN3O3S/c1-14-18-6-5-15(21-4-2-3-8-27-21)10-17(18)11-19(14)24(29)28-9-7-16-12-20(25)23(13-22(16)28)32(26,30)31/h2-6,8,10,12-14,19H,7,9,11H2,1H3,(H2,26,30,31)/t14-,19+/m0/s1. The first-order chi connectivity index (χ1) is 15.2. The summed E-state index contributed by atoms with van der Waals surface area (Å²) in [5.41, 5.74) is 5.17. The van der Waals surface area contributed by atoms with Crippen LogP contribution in [0.25, 0.3) is 11.3 Å². The summed E-state index contributed by atoms with van der Waals surface area (Å²) < 4.78 is 37.8. The van der Waals surface area contributed by atoms with Gasteiger partial charge in [0, 0.05) is 29.9 Å². The molecule has 2 heterocycles. The van der Waals surface area contributed by atoms with Gasteiger partial charge in [-0.1, -0.05) is 25.1 Å². The molecule has 8 heteroatoms. The van der Waals surface area contributed by atoms with Crippen LogP contribution in [0.4, 0.5) is 10.1 Å². The molecule has 32 heavy (non-hydrogen) atoms. The van der Waals surface area contributed by atoms with Gasteiger partial charge in [0.2, 0.25) is 15.9 Å². The maximum Gasteiger partial charge on any atom is 0.241 e. The molecule has 1 aliphatic carbocycles. The van der Waals surface area contributed by atoms with E-state index < -0.39 is 20.7 Å². The Kier molecular flexibility index (Phi) is 4.87. The van der Waals surface area contributed by atoms with Gasteiger partial charge in [0.1, 0.15) is 10.7 Å². The van der Waals surface area contributed by atoms with Crippen LogP contribution in [0.2, 0.25) is 0 Å². The molecule has 5 rings (SSSR count). The van der Waals surface area contributed by atoms with E-state index in [2.05, 4.69) is 17.1 Å². The largest absolute Gasteiger partial charge is 0.312 e. The molecule has 0 spiro atoms. The number of carbonyl (C=O) groups is 1. The number of carbonyl (C=O) groups excluding carboxylic acids is 1. The average molecular weight is 452 g/mol. The first-order valence-electron chi connectivity index (χ1n) is 10.4. The van der Waals surface area contributed by atoms with Gasteiger partial charge in [0.05, 0.1) is 5.69 Å². The molecule has 0 fully saturated rings. The molecule has 0 unspecified atom stereocenters. The second-order valence-corrected chi connectivity index (χ2v) is 9.95. The van der Waals surface area contributed by atoms with Gasteiger partial charge in [0.25, 0.3) is 0 Å². The SMILES string of the molecule is C[C@H]1c2ccc(-c3ccccn3)cc2C[C@H]1C(=O)N1CCc2cc(F)c(S(N)(=O)=O)cc21. The number of nitrogens with two attached hydrogens (primary N) is 1. The summed E-state index contributed by atoms with van der Waals surface area (Å²) in [6.45, 7) is 2.42. The molecule has 1 amide bonds. The van der Waals surface area contributed by atoms with Crippen molar-refractivity contribution in [2.45, 2.75) is 30.6 Å². The second-order valence-electron chi connectivity index (χ2n) is 8.42. The number of sulfonamides is 1. The third kappa shape index (κ3) is 3.40. The van der Waals surface area contributed by atoms with E-state index in [0.29, 0.717) is 30.6 Å². The topological polar surface area (TPSA) is 93.4 Å². The first-order valence-corrected chi connectivity index (χ1v) is 12.0. The van der Waals surface area contributed by atoms with Crippen LogP contribution >= 0.6 is 0 Å². The smallest absolute Gasteiger partial charge is 0.241 e. The fourth-order valence-corrected chi connectivity index (χ4v) is 5.49. The lowest BCUT2D eigenvalue weighted by atomic mass is 9.93. The molecule has 164 valence electrons. The Morgan fingerprint density at radius 3 is 2.69 bits per heavy atom. The monoisotopic (exact) mass is 451 g/mol. The molecular formula is C24H22FN3O3S. The molecule has 1 aliphatic heterocycles. The van der Waals surface area contributed by atoms with E-state index >= 15 is 0 Å². The van der Waals surface area contributed by atoms with Crippen molar-refractivity contribution in [3.8, 4) is 11.3 Å². The van der Waals surface area contributed by atoms with E-state index in [4.69, 9.17) is 5.14 Å². The van der Waals surface area contributed by atoms with Crippen molar-refractivity contribution >= 4 is 21.6 Å². The van der Waals surface area contributed by atoms with Crippen LogP contribution in [0.5, 0.6) is 0 Å². The van der Waals surface area contributed by atoms with Gasteiger partial charge in [-0.2, -0.15) is 0 Å². The molecule has 2 N–H and O–H groups in total. The molecule has 2 aliphatic rings. The predicted molar refractivity (Wildman–Crippen MR) is 119 cm³/mol. The van der Waals surface area contributed by atoms with E-state index in [1.165, 1.54) is 12.1 Å². The van der Waals surface area contributed by atoms with Crippen molar-refractivity contribution < 1.29 is 17.6 Å². The number of pyridine rings is 1. The molecule has 3 aromatic rings. The summed E-state index contributed by atoms with van der Waals surface area (Å²) in [6, 6.07) is 14.3. The quantitative estimate of drug-likeness (QED) is 0.661. The second kappa shape index (κ2) is 7.50. The average Bonchev–Trinajstić information content (AvgIpc) is 3.33. The van der Waals surface area contributed by atoms with E-state index in [0.717, 1.165) is 22.4 Å². The highest BCUT2D eigenvalue weighted by Crippen LogP contribution is 2.42. The number of hydrogen-bond acceptors (Lipinski definition) is 4. The van der Waals surface area contributed by atoms with Gasteiger partial charge in [-0.05, 0) is 65.8 Å². The number of primary sulfonamides is 1. The Bertz CT molecular complexity index is 1340. The summed E-state index contributed by atoms with van der Waals surface area (Å²) in [5, 5.41) is 5.16. The molecule has 0 saturated carbocycles. The fourth-order valence-electron chi connectivity index (χ4n) is 4.89. The number of hydrogen-bond donors (Lipinski definition) is 1. The third-order valence-electron chi connectivity index (χ3n) is 6.56. The Morgan fingerprint density at radius 1 is 1.16 bits per heavy atom. The predicted octanol–water partition coefficient (Wildman–Crippen LogP) is 3.40. The van der Waals surface area contributed by atoms with Crippen molar-refractivity contribution in [3.05, 3.63) is 77.2 Å². The van der Waals surface area contributed by atoms with Crippen LogP contribution in [0.1, 0.15) is 29.5 Å². The highest BCUT2D eigenvalue weighted by Gasteiger charge is 2.39. The number of rotatable bonds is 3. The van der Waals surface area contributed by atoms with Gasteiger partial charge in [-0.3, -0.25) is 9.78 Å². The Morgan fingerprint density at radius 2 is 1.97 bits per heavy atom. The molecule has 0 saturated heterocycles. The molecule has 6 nitrogen and oxygen atoms in total. The normalized spacial score (nSPS) is 19.7. The molecule has 1 aromatic heterocycles. The van der Waals surface area contributed by atoms with Crippen LogP contribution in [0.15, 0.2) is 59.6 Å². The van der Waals surface area contributed by atoms with Gasteiger partial charge in [-0.25, -0.2) is 17.9 Å². The zero-order valence-corrected chi connectivity index (χ0v) is 18.3. The van der Waals surface area contributed by atoms with Crippen molar-refractivity contribution in [1.82, 2.24) is 4.98 Å². The Hall–Kier alpha value is -3.10. The van der Waals surface area contributed by atoms with Crippen molar-refractivity contribution in [2.24, 2.45) is 11.1 Å². The van der Waals surface area contributed by atoms with Gasteiger partial charge < -0.3 is 4.90 Å². The summed E-state index contributed by atoms with van der Waals surface area (Å²) in [5.74, 6) is -1.24. The summed E-state index contributed by atoms with van der Waals surface area (Å²) >= 11 is 0. The number of nitrogens with zero attached hydrogens (tertiary/aromatic N) is 2. The number of fused-ring (bicyclic) bond motifs is 2. The number of halogens is 1. The fraction of sp³-hybridized carbons (Fsp3) is 0.250. The zero-order chi connectivity index (χ0) is 22.6. The third-order valence-corrected chi connectivity index (χ3v) is 7.48. The lowest BCUT2D eigenvalue weighted by molar-refractivity contribution is -0.122. The highest BCUT2D eigenvalue weighted by atomic mass is 32.2. The Balaban J connectivity index is 1.45. The summed E-state index contributed by atoms with van der Waals surface area (Å²) in [6.07, 6.45) is 2.81. The molecule has 2 atom stereocenters. The molecule has 0 bridgehead atoms. The van der Waals surface area contributed by atoms with Crippen molar-refractivity contribution in [1.29, 1.82) is 0 Å². The number of anilines is 1. The van der Waals surface area contributed by atoms with Gasteiger partial charge in [-0.15, -0.1) is 0 Å². The first kappa shape index (κ1) is 20.8. The minimum atomic E-state index is -4.23. The Labute approximate surface area is 185 Å². The zero-order valence-electron chi connectivity index (χ0n) is 17.5. The summed E-state index contributed by atoms with van der Waals surface area (Å²) in [4.78, 5) is 18.9. The van der Waals surface area contributed by atoms with Crippen molar-refractivity contribution in [3.63, 3.8) is 0 Å². The minimum Gasteiger partial charge on any atom is -0.312 e. The van der Waals surface area contributed by atoms with Gasteiger partial charge >= 0.3 is 0 Å². The van der Waals surface area contributed by atoms with Crippen molar-refractivity contribution in [2.75, 3.05) is 11.4 Å². The van der Waals surface area contributed by atoms with E-state index in [1.807, 2.05) is 31.2 Å². The lowest BCUT2D eigenvalue weighted by Crippen LogP contribution is -2.36. The molecular weight excluding hydrogens is 429 g/mol. The number of benzene rings is 2. The highest BCUT2D eigenvalue weighted by molar-refractivity contribution is 7.89. The molecule has 0 radical (unpaired) electrons. The maximum atomic E-state index is 14.2.